The minimum atomic E-state index is -0.939. The van der Waals surface area contributed by atoms with Gasteiger partial charge in [-0.1, -0.05) is 30.3 Å². The van der Waals surface area contributed by atoms with Crippen LogP contribution < -0.4 is 5.32 Å². The first-order chi connectivity index (χ1) is 10.7. The van der Waals surface area contributed by atoms with E-state index >= 15 is 0 Å². The van der Waals surface area contributed by atoms with Gasteiger partial charge >= 0.3 is 5.97 Å². The first-order valence-corrected chi connectivity index (χ1v) is 6.99. The Morgan fingerprint density at radius 2 is 1.82 bits per heavy atom. The maximum Gasteiger partial charge on any atom is 0.318 e. The molecule has 0 unspecified atom stereocenters. The van der Waals surface area contributed by atoms with Crippen LogP contribution in [0.1, 0.15) is 12.5 Å². The lowest BCUT2D eigenvalue weighted by atomic mass is 9.98. The number of ether oxygens (including phenoxy) is 1. The average Bonchev–Trinajstić information content (AvgIpc) is 2.54. The van der Waals surface area contributed by atoms with Gasteiger partial charge in [-0.05, 0) is 25.0 Å². The van der Waals surface area contributed by atoms with Crippen LogP contribution in [0.2, 0.25) is 0 Å². The lowest BCUT2D eigenvalue weighted by molar-refractivity contribution is -0.150. The van der Waals surface area contributed by atoms with Gasteiger partial charge in [0.15, 0.2) is 0 Å². The molecule has 0 aliphatic rings. The van der Waals surface area contributed by atoms with Crippen LogP contribution in [0.4, 0.5) is 5.95 Å². The van der Waals surface area contributed by atoms with E-state index in [1.165, 1.54) is 12.4 Å². The van der Waals surface area contributed by atoms with E-state index < -0.39 is 17.8 Å². The highest BCUT2D eigenvalue weighted by Gasteiger charge is 2.28. The second-order valence-corrected chi connectivity index (χ2v) is 4.56. The quantitative estimate of drug-likeness (QED) is 0.650. The van der Waals surface area contributed by atoms with Gasteiger partial charge in [-0.15, -0.1) is 0 Å². The first kappa shape index (κ1) is 15.6. The summed E-state index contributed by atoms with van der Waals surface area (Å²) in [7, 11) is 0. The number of aromatic nitrogens is 2. The summed E-state index contributed by atoms with van der Waals surface area (Å²) in [6, 6.07) is 11.0. The summed E-state index contributed by atoms with van der Waals surface area (Å²) >= 11 is 0. The molecule has 2 rings (SSSR count). The largest absolute Gasteiger partial charge is 0.465 e. The molecule has 22 heavy (non-hydrogen) atoms. The highest BCUT2D eigenvalue weighted by molar-refractivity contribution is 6.04. The van der Waals surface area contributed by atoms with Crippen molar-refractivity contribution < 1.29 is 14.3 Å². The third-order valence-electron chi connectivity index (χ3n) is 2.97. The van der Waals surface area contributed by atoms with E-state index in [4.69, 9.17) is 4.74 Å². The zero-order valence-electron chi connectivity index (χ0n) is 12.2. The van der Waals surface area contributed by atoms with Gasteiger partial charge in [-0.2, -0.15) is 0 Å². The molecular weight excluding hydrogens is 282 g/mol. The van der Waals surface area contributed by atoms with Gasteiger partial charge in [0.05, 0.1) is 6.61 Å². The molecular formula is C16H17N3O3. The van der Waals surface area contributed by atoms with Gasteiger partial charge in [-0.3, -0.25) is 14.9 Å². The number of carbonyl (C=O) groups is 2. The molecule has 0 bridgehead atoms. The maximum atomic E-state index is 12.3. The van der Waals surface area contributed by atoms with Crippen LogP contribution in [0.3, 0.4) is 0 Å². The number of esters is 1. The summed E-state index contributed by atoms with van der Waals surface area (Å²) in [5.41, 5.74) is 0.879. The Kier molecular flexibility index (Phi) is 5.59. The topological polar surface area (TPSA) is 81.2 Å². The summed E-state index contributed by atoms with van der Waals surface area (Å²) in [6.07, 6.45) is 3.29. The summed E-state index contributed by atoms with van der Waals surface area (Å²) in [5, 5.41) is 2.54. The molecule has 0 radical (unpaired) electrons. The predicted octanol–water partition coefficient (Wildman–Crippen LogP) is 1.84. The highest BCUT2D eigenvalue weighted by atomic mass is 16.5. The molecule has 0 saturated carbocycles. The minimum Gasteiger partial charge on any atom is -0.465 e. The van der Waals surface area contributed by atoms with Crippen molar-refractivity contribution in [3.05, 3.63) is 54.4 Å². The molecule has 1 heterocycles. The SMILES string of the molecule is CCOC(=O)[C@@H](Cc1ccccc1)C(=O)Nc1ncccn1. The van der Waals surface area contributed by atoms with Crippen molar-refractivity contribution in [3.63, 3.8) is 0 Å². The molecule has 0 spiro atoms. The van der Waals surface area contributed by atoms with Gasteiger partial charge < -0.3 is 4.74 Å². The maximum absolute atomic E-state index is 12.3. The van der Waals surface area contributed by atoms with Crippen LogP contribution in [0.25, 0.3) is 0 Å². The zero-order chi connectivity index (χ0) is 15.8. The van der Waals surface area contributed by atoms with Crippen LogP contribution >= 0.6 is 0 Å². The normalized spacial score (nSPS) is 11.5. The molecule has 2 aromatic rings. The second kappa shape index (κ2) is 7.87. The second-order valence-electron chi connectivity index (χ2n) is 4.56. The average molecular weight is 299 g/mol. The molecule has 6 heteroatoms. The number of rotatable bonds is 6. The van der Waals surface area contributed by atoms with E-state index in [1.54, 1.807) is 13.0 Å². The summed E-state index contributed by atoms with van der Waals surface area (Å²) < 4.78 is 4.99. The van der Waals surface area contributed by atoms with E-state index in [0.717, 1.165) is 5.56 Å². The van der Waals surface area contributed by atoms with Crippen molar-refractivity contribution in [2.75, 3.05) is 11.9 Å². The predicted molar refractivity (Wildman–Crippen MR) is 80.9 cm³/mol. The number of nitrogens with one attached hydrogen (secondary N) is 1. The molecule has 0 fully saturated rings. The Bertz CT molecular complexity index is 617. The van der Waals surface area contributed by atoms with Gasteiger partial charge in [0.25, 0.3) is 0 Å². The Hall–Kier alpha value is -2.76. The van der Waals surface area contributed by atoms with Gasteiger partial charge in [0, 0.05) is 12.4 Å². The first-order valence-electron chi connectivity index (χ1n) is 6.99. The summed E-state index contributed by atoms with van der Waals surface area (Å²) in [6.45, 7) is 1.93. The Balaban J connectivity index is 2.13. The van der Waals surface area contributed by atoms with Crippen molar-refractivity contribution in [1.82, 2.24) is 9.97 Å². The Labute approximate surface area is 128 Å². The number of carbonyl (C=O) groups excluding carboxylic acids is 2. The number of anilines is 1. The van der Waals surface area contributed by atoms with Crippen LogP contribution in [0.15, 0.2) is 48.8 Å². The molecule has 0 saturated heterocycles. The third kappa shape index (κ3) is 4.37. The van der Waals surface area contributed by atoms with Gasteiger partial charge in [0.1, 0.15) is 5.92 Å². The summed E-state index contributed by atoms with van der Waals surface area (Å²) in [4.78, 5) is 32.2. The van der Waals surface area contributed by atoms with Crippen molar-refractivity contribution in [1.29, 1.82) is 0 Å². The standard InChI is InChI=1S/C16H17N3O3/c1-2-22-15(21)13(11-12-7-4-3-5-8-12)14(20)19-16-17-9-6-10-18-16/h3-10,13H,2,11H2,1H3,(H,17,18,19,20)/t13-/m0/s1. The molecule has 1 N–H and O–H groups in total. The summed E-state index contributed by atoms with van der Waals surface area (Å²) in [5.74, 6) is -1.81. The molecule has 0 aliphatic carbocycles. The van der Waals surface area contributed by atoms with Gasteiger partial charge in [-0.25, -0.2) is 9.97 Å². The third-order valence-corrected chi connectivity index (χ3v) is 2.97. The van der Waals surface area contributed by atoms with Crippen molar-refractivity contribution in [3.8, 4) is 0 Å². The molecule has 1 aromatic carbocycles. The lowest BCUT2D eigenvalue weighted by Crippen LogP contribution is -2.33. The van der Waals surface area contributed by atoms with E-state index in [-0.39, 0.29) is 19.0 Å². The van der Waals surface area contributed by atoms with E-state index in [9.17, 15) is 9.59 Å². The van der Waals surface area contributed by atoms with E-state index in [1.807, 2.05) is 30.3 Å². The minimum absolute atomic E-state index is 0.162. The highest BCUT2D eigenvalue weighted by Crippen LogP contribution is 2.13. The monoisotopic (exact) mass is 299 g/mol. The fourth-order valence-electron chi connectivity index (χ4n) is 1.94. The number of hydrogen-bond acceptors (Lipinski definition) is 5. The molecule has 1 amide bonds. The van der Waals surface area contributed by atoms with Crippen LogP contribution in [0.5, 0.6) is 0 Å². The zero-order valence-corrected chi connectivity index (χ0v) is 12.2. The fourth-order valence-corrected chi connectivity index (χ4v) is 1.94. The molecule has 6 nitrogen and oxygen atoms in total. The number of benzene rings is 1. The van der Waals surface area contributed by atoms with E-state index in [0.29, 0.717) is 0 Å². The van der Waals surface area contributed by atoms with Gasteiger partial charge in [0.2, 0.25) is 11.9 Å². The Morgan fingerprint density at radius 3 is 2.45 bits per heavy atom. The van der Waals surface area contributed by atoms with E-state index in [2.05, 4.69) is 15.3 Å². The number of hydrogen-bond donors (Lipinski definition) is 1. The number of nitrogens with zero attached hydrogens (tertiary/aromatic N) is 2. The molecule has 1 atom stereocenters. The van der Waals surface area contributed by atoms with Crippen molar-refractivity contribution in [2.45, 2.75) is 13.3 Å². The van der Waals surface area contributed by atoms with Crippen LogP contribution in [-0.2, 0) is 20.7 Å². The van der Waals surface area contributed by atoms with Crippen molar-refractivity contribution >= 4 is 17.8 Å². The molecule has 1 aromatic heterocycles. The fraction of sp³-hybridized carbons (Fsp3) is 0.250. The lowest BCUT2D eigenvalue weighted by Gasteiger charge is -2.15. The Morgan fingerprint density at radius 1 is 1.14 bits per heavy atom. The smallest absolute Gasteiger partial charge is 0.318 e. The van der Waals surface area contributed by atoms with Crippen LogP contribution in [-0.4, -0.2) is 28.5 Å². The van der Waals surface area contributed by atoms with Crippen molar-refractivity contribution in [2.24, 2.45) is 5.92 Å². The molecule has 0 aliphatic heterocycles. The van der Waals surface area contributed by atoms with Crippen LogP contribution in [0, 0.1) is 5.92 Å². The molecule has 114 valence electrons. The number of amides is 1.